The molecule has 1 unspecified atom stereocenters. The zero-order chi connectivity index (χ0) is 12.7. The molecule has 2 heteroatoms. The first-order chi connectivity index (χ1) is 8.17. The van der Waals surface area contributed by atoms with E-state index in [2.05, 4.69) is 51.2 Å². The Hall–Kier alpha value is -1.02. The van der Waals surface area contributed by atoms with E-state index in [9.17, 15) is 0 Å². The molecule has 0 saturated carbocycles. The van der Waals surface area contributed by atoms with E-state index in [4.69, 9.17) is 4.74 Å². The van der Waals surface area contributed by atoms with Crippen LogP contribution in [0.2, 0.25) is 0 Å². The van der Waals surface area contributed by atoms with Gasteiger partial charge in [-0.3, -0.25) is 0 Å². The molecule has 0 amide bonds. The topological polar surface area (TPSA) is 21.3 Å². The van der Waals surface area contributed by atoms with Crippen molar-refractivity contribution in [2.24, 2.45) is 0 Å². The van der Waals surface area contributed by atoms with Gasteiger partial charge in [0, 0.05) is 6.04 Å². The maximum Gasteiger partial charge on any atom is 0.120 e. The van der Waals surface area contributed by atoms with Crippen molar-refractivity contribution in [3.8, 4) is 5.75 Å². The molecule has 0 bridgehead atoms. The highest BCUT2D eigenvalue weighted by Crippen LogP contribution is 2.22. The van der Waals surface area contributed by atoms with Gasteiger partial charge in [0.2, 0.25) is 0 Å². The van der Waals surface area contributed by atoms with Gasteiger partial charge in [0.05, 0.1) is 6.10 Å². The minimum atomic E-state index is 0.230. The van der Waals surface area contributed by atoms with Gasteiger partial charge >= 0.3 is 0 Å². The van der Waals surface area contributed by atoms with Crippen LogP contribution < -0.4 is 10.1 Å². The summed E-state index contributed by atoms with van der Waals surface area (Å²) in [6, 6.07) is 8.85. The summed E-state index contributed by atoms with van der Waals surface area (Å²) in [5.41, 5.74) is 1.32. The first-order valence-electron chi connectivity index (χ1n) is 6.67. The molecule has 17 heavy (non-hydrogen) atoms. The molecule has 0 spiro atoms. The fourth-order valence-electron chi connectivity index (χ4n) is 1.89. The largest absolute Gasteiger partial charge is 0.491 e. The van der Waals surface area contributed by atoms with E-state index >= 15 is 0 Å². The molecule has 96 valence electrons. The third-order valence-electron chi connectivity index (χ3n) is 2.68. The second-order valence-electron chi connectivity index (χ2n) is 4.65. The van der Waals surface area contributed by atoms with E-state index in [1.54, 1.807) is 0 Å². The van der Waals surface area contributed by atoms with Crippen LogP contribution in [0.15, 0.2) is 24.3 Å². The molecule has 0 aliphatic carbocycles. The second-order valence-corrected chi connectivity index (χ2v) is 4.65. The van der Waals surface area contributed by atoms with Crippen LogP contribution in [0.25, 0.3) is 0 Å². The highest BCUT2D eigenvalue weighted by molar-refractivity contribution is 5.30. The third-order valence-corrected chi connectivity index (χ3v) is 2.68. The molecule has 0 aliphatic rings. The SMILES string of the molecule is CCCNC(CC)c1cccc(OC(C)C)c1. The molecule has 1 N–H and O–H groups in total. The zero-order valence-corrected chi connectivity index (χ0v) is 11.5. The summed E-state index contributed by atoms with van der Waals surface area (Å²) in [7, 11) is 0. The van der Waals surface area contributed by atoms with Gasteiger partial charge in [-0.25, -0.2) is 0 Å². The molecule has 1 rings (SSSR count). The van der Waals surface area contributed by atoms with Crippen LogP contribution in [0.1, 0.15) is 52.1 Å². The van der Waals surface area contributed by atoms with Gasteiger partial charge in [-0.1, -0.05) is 26.0 Å². The second kappa shape index (κ2) is 7.33. The summed E-state index contributed by atoms with van der Waals surface area (Å²) >= 11 is 0. The Labute approximate surface area is 105 Å². The van der Waals surface area contributed by atoms with Crippen molar-refractivity contribution in [1.29, 1.82) is 0 Å². The Morgan fingerprint density at radius 3 is 2.59 bits per heavy atom. The van der Waals surface area contributed by atoms with Gasteiger partial charge in [-0.15, -0.1) is 0 Å². The summed E-state index contributed by atoms with van der Waals surface area (Å²) in [5, 5.41) is 3.56. The molecule has 0 aliphatic heterocycles. The monoisotopic (exact) mass is 235 g/mol. The van der Waals surface area contributed by atoms with Crippen LogP contribution in [-0.2, 0) is 0 Å². The zero-order valence-electron chi connectivity index (χ0n) is 11.5. The van der Waals surface area contributed by atoms with E-state index < -0.39 is 0 Å². The summed E-state index contributed by atoms with van der Waals surface area (Å²) in [5.74, 6) is 0.967. The van der Waals surface area contributed by atoms with Crippen LogP contribution >= 0.6 is 0 Å². The normalized spacial score (nSPS) is 12.8. The lowest BCUT2D eigenvalue weighted by Gasteiger charge is -2.18. The first-order valence-corrected chi connectivity index (χ1v) is 6.67. The molecule has 0 radical (unpaired) electrons. The molecule has 0 saturated heterocycles. The van der Waals surface area contributed by atoms with Crippen molar-refractivity contribution in [3.05, 3.63) is 29.8 Å². The highest BCUT2D eigenvalue weighted by Gasteiger charge is 2.09. The predicted molar refractivity (Wildman–Crippen MR) is 73.5 cm³/mol. The Morgan fingerprint density at radius 1 is 1.24 bits per heavy atom. The van der Waals surface area contributed by atoms with Crippen molar-refractivity contribution in [2.45, 2.75) is 52.7 Å². The van der Waals surface area contributed by atoms with Gasteiger partial charge in [0.25, 0.3) is 0 Å². The van der Waals surface area contributed by atoms with Crippen LogP contribution in [-0.4, -0.2) is 12.6 Å². The molecule has 2 nitrogen and oxygen atoms in total. The average Bonchev–Trinajstić information content (AvgIpc) is 2.30. The smallest absolute Gasteiger partial charge is 0.120 e. The van der Waals surface area contributed by atoms with Crippen molar-refractivity contribution >= 4 is 0 Å². The van der Waals surface area contributed by atoms with Gasteiger partial charge in [-0.2, -0.15) is 0 Å². The Morgan fingerprint density at radius 2 is 2.00 bits per heavy atom. The average molecular weight is 235 g/mol. The van der Waals surface area contributed by atoms with Crippen LogP contribution in [0.3, 0.4) is 0 Å². The number of ether oxygens (including phenoxy) is 1. The van der Waals surface area contributed by atoms with Crippen molar-refractivity contribution in [3.63, 3.8) is 0 Å². The number of benzene rings is 1. The Bertz CT molecular complexity index is 322. The molecule has 1 aromatic carbocycles. The molecular weight excluding hydrogens is 210 g/mol. The van der Waals surface area contributed by atoms with E-state index in [0.717, 1.165) is 18.7 Å². The van der Waals surface area contributed by atoms with Gasteiger partial charge < -0.3 is 10.1 Å². The molecule has 1 aromatic rings. The van der Waals surface area contributed by atoms with E-state index in [1.165, 1.54) is 12.0 Å². The maximum absolute atomic E-state index is 5.73. The van der Waals surface area contributed by atoms with Crippen LogP contribution in [0, 0.1) is 0 Å². The molecular formula is C15H25NO. The minimum Gasteiger partial charge on any atom is -0.491 e. The van der Waals surface area contributed by atoms with Gasteiger partial charge in [-0.05, 0) is 50.9 Å². The van der Waals surface area contributed by atoms with E-state index in [-0.39, 0.29) is 6.10 Å². The highest BCUT2D eigenvalue weighted by atomic mass is 16.5. The lowest BCUT2D eigenvalue weighted by atomic mass is 10.0. The summed E-state index contributed by atoms with van der Waals surface area (Å²) in [6.45, 7) is 9.58. The predicted octanol–water partition coefficient (Wildman–Crippen LogP) is 3.92. The summed E-state index contributed by atoms with van der Waals surface area (Å²) in [4.78, 5) is 0. The quantitative estimate of drug-likeness (QED) is 0.773. The maximum atomic E-state index is 5.73. The number of hydrogen-bond acceptors (Lipinski definition) is 2. The molecule has 0 heterocycles. The number of hydrogen-bond donors (Lipinski definition) is 1. The van der Waals surface area contributed by atoms with Crippen LogP contribution in [0.5, 0.6) is 5.75 Å². The lowest BCUT2D eigenvalue weighted by molar-refractivity contribution is 0.242. The third kappa shape index (κ3) is 4.78. The fourth-order valence-corrected chi connectivity index (χ4v) is 1.89. The van der Waals surface area contributed by atoms with Crippen molar-refractivity contribution < 1.29 is 4.74 Å². The summed E-state index contributed by atoms with van der Waals surface area (Å²) < 4.78 is 5.73. The van der Waals surface area contributed by atoms with Gasteiger partial charge in [0.1, 0.15) is 5.75 Å². The Kier molecular flexibility index (Phi) is 6.06. The molecule has 0 aromatic heterocycles. The van der Waals surface area contributed by atoms with E-state index in [0.29, 0.717) is 6.04 Å². The van der Waals surface area contributed by atoms with E-state index in [1.807, 2.05) is 6.07 Å². The first kappa shape index (κ1) is 14.0. The number of nitrogens with one attached hydrogen (secondary N) is 1. The Balaban J connectivity index is 2.73. The standard InChI is InChI=1S/C15H25NO/c1-5-10-16-15(6-2)13-8-7-9-14(11-13)17-12(3)4/h7-9,11-12,15-16H,5-6,10H2,1-4H3. The summed E-state index contributed by atoms with van der Waals surface area (Å²) in [6.07, 6.45) is 2.50. The minimum absolute atomic E-state index is 0.230. The van der Waals surface area contributed by atoms with Gasteiger partial charge in [0.15, 0.2) is 0 Å². The van der Waals surface area contributed by atoms with Crippen molar-refractivity contribution in [1.82, 2.24) is 5.32 Å². The molecule has 1 atom stereocenters. The number of rotatable bonds is 7. The fraction of sp³-hybridized carbons (Fsp3) is 0.600. The lowest BCUT2D eigenvalue weighted by Crippen LogP contribution is -2.21. The molecule has 0 fully saturated rings. The van der Waals surface area contributed by atoms with Crippen molar-refractivity contribution in [2.75, 3.05) is 6.54 Å². The van der Waals surface area contributed by atoms with Crippen LogP contribution in [0.4, 0.5) is 0 Å².